The molecule has 0 bridgehead atoms. The van der Waals surface area contributed by atoms with Crippen molar-refractivity contribution in [3.63, 3.8) is 0 Å². The number of thiazole rings is 1. The average Bonchev–Trinajstić information content (AvgIpc) is 3.33. The van der Waals surface area contributed by atoms with Crippen molar-refractivity contribution in [1.29, 1.82) is 0 Å². The molecule has 6 heteroatoms. The van der Waals surface area contributed by atoms with Gasteiger partial charge in [-0.3, -0.25) is 4.79 Å². The molecule has 0 radical (unpaired) electrons. The Bertz CT molecular complexity index is 1110. The van der Waals surface area contributed by atoms with Crippen LogP contribution >= 0.6 is 22.9 Å². The summed E-state index contributed by atoms with van der Waals surface area (Å²) < 4.78 is 7.98. The Hall–Kier alpha value is -2.37. The van der Waals surface area contributed by atoms with Gasteiger partial charge in [-0.1, -0.05) is 119 Å². The lowest BCUT2D eigenvalue weighted by Gasteiger charge is -2.11. The van der Waals surface area contributed by atoms with Gasteiger partial charge in [0.1, 0.15) is 12.8 Å². The van der Waals surface area contributed by atoms with Gasteiger partial charge >= 0.3 is 0 Å². The molecule has 1 heterocycles. The van der Waals surface area contributed by atoms with Gasteiger partial charge in [-0.05, 0) is 36.2 Å². The molecule has 0 aliphatic rings. The first-order valence-electron chi connectivity index (χ1n) is 14.3. The summed E-state index contributed by atoms with van der Waals surface area (Å²) in [6.45, 7) is 2.95. The Morgan fingerprint density at radius 1 is 0.921 bits per heavy atom. The number of amides is 1. The fraction of sp³-hybridized carbons (Fsp3) is 0.500. The molecule has 38 heavy (non-hydrogen) atoms. The molecule has 1 aromatic heterocycles. The fourth-order valence-electron chi connectivity index (χ4n) is 4.65. The van der Waals surface area contributed by atoms with Crippen LogP contribution in [0.2, 0.25) is 5.02 Å². The zero-order valence-corrected chi connectivity index (χ0v) is 24.7. The number of halogens is 1. The van der Waals surface area contributed by atoms with Crippen molar-refractivity contribution in [2.24, 2.45) is 7.05 Å². The zero-order valence-electron chi connectivity index (χ0n) is 23.1. The van der Waals surface area contributed by atoms with E-state index in [0.29, 0.717) is 17.4 Å². The second-order valence-electron chi connectivity index (χ2n) is 10.1. The van der Waals surface area contributed by atoms with Gasteiger partial charge in [0.25, 0.3) is 5.01 Å². The molecule has 4 nitrogen and oxygen atoms in total. The van der Waals surface area contributed by atoms with Crippen LogP contribution in [0, 0.1) is 0 Å². The van der Waals surface area contributed by atoms with Crippen molar-refractivity contribution in [2.45, 2.75) is 90.4 Å². The van der Waals surface area contributed by atoms with E-state index in [1.165, 1.54) is 70.6 Å². The van der Waals surface area contributed by atoms with Crippen LogP contribution < -0.4 is 14.6 Å². The van der Waals surface area contributed by atoms with Gasteiger partial charge in [-0.2, -0.15) is 4.57 Å². The minimum Gasteiger partial charge on any atom is -0.492 e. The summed E-state index contributed by atoms with van der Waals surface area (Å²) in [7, 11) is 2.01. The van der Waals surface area contributed by atoms with Gasteiger partial charge in [-0.25, -0.2) is 0 Å². The van der Waals surface area contributed by atoms with E-state index in [1.54, 1.807) is 11.3 Å². The van der Waals surface area contributed by atoms with Gasteiger partial charge in [0.05, 0.1) is 34.7 Å². The summed E-state index contributed by atoms with van der Waals surface area (Å²) in [5.74, 6) is 0.618. The summed E-state index contributed by atoms with van der Waals surface area (Å²) in [6, 6.07) is 13.5. The molecular weight excluding hydrogens is 512 g/mol. The minimum absolute atomic E-state index is 0.0714. The van der Waals surface area contributed by atoms with E-state index in [0.717, 1.165) is 28.2 Å². The highest BCUT2D eigenvalue weighted by Crippen LogP contribution is 2.29. The molecule has 0 unspecified atom stereocenters. The summed E-state index contributed by atoms with van der Waals surface area (Å²) in [5, 5.41) is 6.76. The largest absolute Gasteiger partial charge is 0.492 e. The van der Waals surface area contributed by atoms with Crippen molar-refractivity contribution < 1.29 is 14.1 Å². The van der Waals surface area contributed by atoms with Crippen LogP contribution in [-0.2, 0) is 18.3 Å². The van der Waals surface area contributed by atoms with E-state index in [-0.39, 0.29) is 12.3 Å². The second kappa shape index (κ2) is 17.3. The Morgan fingerprint density at radius 3 is 2.21 bits per heavy atom. The average molecular weight is 556 g/mol. The van der Waals surface area contributed by atoms with E-state index in [9.17, 15) is 4.79 Å². The lowest BCUT2D eigenvalue weighted by molar-refractivity contribution is -0.655. The molecule has 1 amide bonds. The third kappa shape index (κ3) is 10.4. The van der Waals surface area contributed by atoms with Crippen LogP contribution in [-0.4, -0.2) is 12.5 Å². The quantitative estimate of drug-likeness (QED) is 0.125. The van der Waals surface area contributed by atoms with Crippen LogP contribution in [0.1, 0.15) is 89.5 Å². The monoisotopic (exact) mass is 555 g/mol. The summed E-state index contributed by atoms with van der Waals surface area (Å²) in [6.07, 6.45) is 18.2. The van der Waals surface area contributed by atoms with Crippen molar-refractivity contribution >= 4 is 34.5 Å². The molecule has 3 aromatic rings. The van der Waals surface area contributed by atoms with Crippen LogP contribution in [0.4, 0.5) is 5.69 Å². The third-order valence-corrected chi connectivity index (χ3v) is 8.12. The number of nitrogens with zero attached hydrogens (tertiary/aromatic N) is 1. The minimum atomic E-state index is -0.0714. The predicted octanol–water partition coefficient (Wildman–Crippen LogP) is 9.15. The van der Waals surface area contributed by atoms with Crippen molar-refractivity contribution in [1.82, 2.24) is 0 Å². The van der Waals surface area contributed by atoms with E-state index >= 15 is 0 Å². The number of aryl methyl sites for hydroxylation is 1. The molecule has 0 fully saturated rings. The molecular formula is C32H44ClN2O2S+. The maximum absolute atomic E-state index is 12.8. The summed E-state index contributed by atoms with van der Waals surface area (Å²) >= 11 is 8.12. The van der Waals surface area contributed by atoms with Gasteiger partial charge in [0, 0.05) is 0 Å². The Balaban J connectivity index is 1.33. The molecule has 0 aliphatic heterocycles. The molecule has 1 N–H and O–H groups in total. The molecule has 0 spiro atoms. The highest BCUT2D eigenvalue weighted by molar-refractivity contribution is 7.12. The number of hydrogen-bond acceptors (Lipinski definition) is 3. The predicted molar refractivity (Wildman–Crippen MR) is 161 cm³/mol. The number of aromatic nitrogens is 1. The number of unbranched alkanes of at least 4 members (excludes halogenated alkanes) is 11. The van der Waals surface area contributed by atoms with Gasteiger partial charge in [0.15, 0.2) is 6.20 Å². The SMILES string of the molecule is CCCCCCCCCCCCCCOc1ccc(CC(=O)Nc2ccccc2-c2scc[n+]2C)cc1Cl. The lowest BCUT2D eigenvalue weighted by Crippen LogP contribution is -2.27. The van der Waals surface area contributed by atoms with Crippen molar-refractivity contribution in [3.05, 3.63) is 64.6 Å². The van der Waals surface area contributed by atoms with E-state index in [4.69, 9.17) is 16.3 Å². The topological polar surface area (TPSA) is 42.2 Å². The highest BCUT2D eigenvalue weighted by Gasteiger charge is 2.17. The Morgan fingerprint density at radius 2 is 1.58 bits per heavy atom. The van der Waals surface area contributed by atoms with Gasteiger partial charge < -0.3 is 10.1 Å². The van der Waals surface area contributed by atoms with Gasteiger partial charge in [-0.15, -0.1) is 0 Å². The van der Waals surface area contributed by atoms with Crippen LogP contribution in [0.25, 0.3) is 10.6 Å². The molecule has 0 saturated heterocycles. The fourth-order valence-corrected chi connectivity index (χ4v) is 5.81. The number of carbonyl (C=O) groups excluding carboxylic acids is 1. The standard InChI is InChI=1S/C32H43ClN2O2S/c1-3-4-5-6-7-8-9-10-11-12-13-16-22-37-30-20-19-26(24-28(30)33)25-31(36)34-29-18-15-14-17-27(29)32-35(2)21-23-38-32/h14-15,17-21,23-24H,3-13,16,22,25H2,1-2H3/p+1. The number of benzene rings is 2. The molecule has 2 aromatic carbocycles. The number of carbonyl (C=O) groups is 1. The van der Waals surface area contributed by atoms with E-state index in [1.807, 2.05) is 61.1 Å². The summed E-state index contributed by atoms with van der Waals surface area (Å²) in [5.41, 5.74) is 2.69. The van der Waals surface area contributed by atoms with Crippen LogP contribution in [0.3, 0.4) is 0 Å². The Labute approximate surface area is 238 Å². The Kier molecular flexibility index (Phi) is 13.7. The molecule has 0 atom stereocenters. The lowest BCUT2D eigenvalue weighted by atomic mass is 10.1. The van der Waals surface area contributed by atoms with Gasteiger partial charge in [0.2, 0.25) is 5.91 Å². The molecule has 0 saturated carbocycles. The van der Waals surface area contributed by atoms with E-state index in [2.05, 4.69) is 16.8 Å². The summed E-state index contributed by atoms with van der Waals surface area (Å²) in [4.78, 5) is 12.8. The maximum atomic E-state index is 12.8. The first-order valence-corrected chi connectivity index (χ1v) is 15.6. The number of anilines is 1. The van der Waals surface area contributed by atoms with Crippen molar-refractivity contribution in [3.8, 4) is 16.3 Å². The number of para-hydroxylation sites is 1. The zero-order chi connectivity index (χ0) is 27.0. The number of rotatable bonds is 18. The first-order chi connectivity index (χ1) is 18.6. The normalized spacial score (nSPS) is 11.0. The van der Waals surface area contributed by atoms with E-state index < -0.39 is 0 Å². The number of nitrogens with one attached hydrogen (secondary N) is 1. The molecule has 206 valence electrons. The number of hydrogen-bond donors (Lipinski definition) is 1. The first kappa shape index (κ1) is 30.2. The third-order valence-electron chi connectivity index (χ3n) is 6.83. The highest BCUT2D eigenvalue weighted by atomic mass is 35.5. The molecule has 3 rings (SSSR count). The van der Waals surface area contributed by atoms with Crippen LogP contribution in [0.15, 0.2) is 54.0 Å². The van der Waals surface area contributed by atoms with Crippen LogP contribution in [0.5, 0.6) is 5.75 Å². The van der Waals surface area contributed by atoms with Crippen molar-refractivity contribution in [2.75, 3.05) is 11.9 Å². The second-order valence-corrected chi connectivity index (χ2v) is 11.4. The maximum Gasteiger partial charge on any atom is 0.270 e. The number of ether oxygens (including phenoxy) is 1. The molecule has 0 aliphatic carbocycles. The smallest absolute Gasteiger partial charge is 0.270 e.